The fourth-order valence-corrected chi connectivity index (χ4v) is 2.27. The van der Waals surface area contributed by atoms with Crippen LogP contribution in [0.25, 0.3) is 0 Å². The smallest absolute Gasteiger partial charge is 0.183 e. The van der Waals surface area contributed by atoms with E-state index in [2.05, 4.69) is 23.5 Å². The third-order valence-electron chi connectivity index (χ3n) is 3.14. The summed E-state index contributed by atoms with van der Waals surface area (Å²) in [7, 11) is 3.33. The van der Waals surface area contributed by atoms with E-state index in [0.717, 1.165) is 18.7 Å². The molecule has 1 unspecified atom stereocenters. The molecule has 2 rings (SSSR count). The van der Waals surface area contributed by atoms with Crippen molar-refractivity contribution in [1.29, 1.82) is 0 Å². The lowest BCUT2D eigenvalue weighted by molar-refractivity contribution is -0.106. The lowest BCUT2D eigenvalue weighted by Crippen LogP contribution is -2.09. The molecule has 1 heterocycles. The SMILES string of the molecule is COC(OC)c1cccc(C2CCNC2)c1. The fraction of sp³-hybridized carbons (Fsp3) is 0.538. The minimum Gasteiger partial charge on any atom is -0.352 e. The van der Waals surface area contributed by atoms with Crippen LogP contribution in [0, 0.1) is 0 Å². The van der Waals surface area contributed by atoms with Gasteiger partial charge in [-0.3, -0.25) is 0 Å². The number of hydrogen-bond donors (Lipinski definition) is 1. The van der Waals surface area contributed by atoms with Crippen LogP contribution in [0.3, 0.4) is 0 Å². The van der Waals surface area contributed by atoms with Crippen LogP contribution in [0.1, 0.15) is 29.8 Å². The molecule has 3 heteroatoms. The van der Waals surface area contributed by atoms with Crippen LogP contribution >= 0.6 is 0 Å². The summed E-state index contributed by atoms with van der Waals surface area (Å²) in [6.07, 6.45) is 0.961. The topological polar surface area (TPSA) is 30.5 Å². The molecule has 88 valence electrons. The molecule has 1 N–H and O–H groups in total. The third kappa shape index (κ3) is 2.43. The van der Waals surface area contributed by atoms with Crippen LogP contribution in [0.2, 0.25) is 0 Å². The van der Waals surface area contributed by atoms with Gasteiger partial charge in [-0.1, -0.05) is 24.3 Å². The van der Waals surface area contributed by atoms with Gasteiger partial charge in [0.2, 0.25) is 0 Å². The Bertz CT molecular complexity index is 313. The van der Waals surface area contributed by atoms with E-state index in [1.54, 1.807) is 14.2 Å². The highest BCUT2D eigenvalue weighted by Gasteiger charge is 2.18. The second kappa shape index (κ2) is 5.43. The van der Waals surface area contributed by atoms with Crippen LogP contribution < -0.4 is 5.32 Å². The van der Waals surface area contributed by atoms with Crippen molar-refractivity contribution in [3.63, 3.8) is 0 Å². The van der Waals surface area contributed by atoms with Crippen molar-refractivity contribution in [2.45, 2.75) is 18.6 Å². The van der Waals surface area contributed by atoms with Gasteiger partial charge < -0.3 is 14.8 Å². The van der Waals surface area contributed by atoms with Gasteiger partial charge in [0.1, 0.15) is 0 Å². The van der Waals surface area contributed by atoms with Gasteiger partial charge in [0.25, 0.3) is 0 Å². The molecule has 1 aromatic rings. The van der Waals surface area contributed by atoms with Gasteiger partial charge in [-0.05, 0) is 24.4 Å². The van der Waals surface area contributed by atoms with Gasteiger partial charge in [-0.15, -0.1) is 0 Å². The first kappa shape index (κ1) is 11.6. The highest BCUT2D eigenvalue weighted by molar-refractivity contribution is 5.28. The predicted molar refractivity (Wildman–Crippen MR) is 63.4 cm³/mol. The van der Waals surface area contributed by atoms with Crippen molar-refractivity contribution < 1.29 is 9.47 Å². The second-order valence-corrected chi connectivity index (χ2v) is 4.16. The first-order valence-corrected chi connectivity index (χ1v) is 5.71. The summed E-state index contributed by atoms with van der Waals surface area (Å²) in [5, 5.41) is 3.38. The second-order valence-electron chi connectivity index (χ2n) is 4.16. The first-order chi connectivity index (χ1) is 7.85. The molecule has 0 spiro atoms. The predicted octanol–water partition coefficient (Wildman–Crippen LogP) is 2.05. The first-order valence-electron chi connectivity index (χ1n) is 5.71. The van der Waals surface area contributed by atoms with Gasteiger partial charge in [0.05, 0.1) is 0 Å². The summed E-state index contributed by atoms with van der Waals surface area (Å²) in [5.41, 5.74) is 2.47. The Balaban J connectivity index is 2.18. The minimum absolute atomic E-state index is 0.255. The van der Waals surface area contributed by atoms with Gasteiger partial charge in [-0.2, -0.15) is 0 Å². The van der Waals surface area contributed by atoms with Crippen LogP contribution in [-0.2, 0) is 9.47 Å². The maximum Gasteiger partial charge on any atom is 0.183 e. The van der Waals surface area contributed by atoms with Gasteiger partial charge in [0, 0.05) is 26.3 Å². The zero-order chi connectivity index (χ0) is 11.4. The average Bonchev–Trinajstić information content (AvgIpc) is 2.85. The summed E-state index contributed by atoms with van der Waals surface area (Å²) in [4.78, 5) is 0. The van der Waals surface area contributed by atoms with E-state index in [1.165, 1.54) is 12.0 Å². The average molecular weight is 221 g/mol. The molecule has 3 nitrogen and oxygen atoms in total. The Kier molecular flexibility index (Phi) is 3.93. The Morgan fingerprint density at radius 1 is 1.31 bits per heavy atom. The van der Waals surface area contributed by atoms with Crippen molar-refractivity contribution in [3.05, 3.63) is 35.4 Å². The molecular formula is C13H19NO2. The number of methoxy groups -OCH3 is 2. The number of ether oxygens (including phenoxy) is 2. The van der Waals surface area contributed by atoms with Crippen LogP contribution in [0.4, 0.5) is 0 Å². The summed E-state index contributed by atoms with van der Waals surface area (Å²) in [6, 6.07) is 8.50. The molecule has 0 amide bonds. The van der Waals surface area contributed by atoms with Crippen molar-refractivity contribution >= 4 is 0 Å². The molecule has 0 radical (unpaired) electrons. The van der Waals surface area contributed by atoms with Crippen LogP contribution in [0.5, 0.6) is 0 Å². The zero-order valence-electron chi connectivity index (χ0n) is 9.90. The Morgan fingerprint density at radius 3 is 2.75 bits per heavy atom. The number of nitrogens with one attached hydrogen (secondary N) is 1. The summed E-state index contributed by atoms with van der Waals surface area (Å²) in [6.45, 7) is 2.20. The van der Waals surface area contributed by atoms with E-state index < -0.39 is 0 Å². The van der Waals surface area contributed by atoms with Gasteiger partial charge in [0.15, 0.2) is 6.29 Å². The van der Waals surface area contributed by atoms with Crippen LogP contribution in [-0.4, -0.2) is 27.3 Å². The van der Waals surface area contributed by atoms with Crippen molar-refractivity contribution in [1.82, 2.24) is 5.32 Å². The van der Waals surface area contributed by atoms with Gasteiger partial charge in [-0.25, -0.2) is 0 Å². The standard InChI is InChI=1S/C13H19NO2/c1-15-13(16-2)11-5-3-4-10(8-11)12-6-7-14-9-12/h3-5,8,12-14H,6-7,9H2,1-2H3. The lowest BCUT2D eigenvalue weighted by atomic mass is 9.96. The Labute approximate surface area is 96.8 Å². The molecule has 16 heavy (non-hydrogen) atoms. The lowest BCUT2D eigenvalue weighted by Gasteiger charge is -2.16. The van der Waals surface area contributed by atoms with E-state index in [4.69, 9.17) is 9.47 Å². The molecule has 1 aromatic carbocycles. The summed E-state index contributed by atoms with van der Waals surface area (Å²) < 4.78 is 10.5. The zero-order valence-corrected chi connectivity index (χ0v) is 9.90. The van der Waals surface area contributed by atoms with E-state index in [0.29, 0.717) is 5.92 Å². The van der Waals surface area contributed by atoms with E-state index in [1.807, 2.05) is 6.07 Å². The quantitative estimate of drug-likeness (QED) is 0.789. The summed E-state index contributed by atoms with van der Waals surface area (Å²) >= 11 is 0. The maximum absolute atomic E-state index is 5.27. The molecule has 0 saturated carbocycles. The van der Waals surface area contributed by atoms with Crippen molar-refractivity contribution in [2.75, 3.05) is 27.3 Å². The fourth-order valence-electron chi connectivity index (χ4n) is 2.27. The minimum atomic E-state index is -0.255. The molecule has 1 atom stereocenters. The van der Waals surface area contributed by atoms with E-state index in [9.17, 15) is 0 Å². The highest BCUT2D eigenvalue weighted by Crippen LogP contribution is 2.26. The molecule has 1 aliphatic heterocycles. The molecule has 1 aliphatic rings. The maximum atomic E-state index is 5.27. The molecule has 1 fully saturated rings. The molecular weight excluding hydrogens is 202 g/mol. The molecule has 1 saturated heterocycles. The molecule has 0 aliphatic carbocycles. The Hall–Kier alpha value is -0.900. The Morgan fingerprint density at radius 2 is 2.12 bits per heavy atom. The van der Waals surface area contributed by atoms with E-state index in [-0.39, 0.29) is 6.29 Å². The van der Waals surface area contributed by atoms with Crippen molar-refractivity contribution in [2.24, 2.45) is 0 Å². The largest absolute Gasteiger partial charge is 0.352 e. The third-order valence-corrected chi connectivity index (χ3v) is 3.14. The number of benzene rings is 1. The normalized spacial score (nSPS) is 20.6. The molecule has 0 aromatic heterocycles. The van der Waals surface area contributed by atoms with Crippen LogP contribution in [0.15, 0.2) is 24.3 Å². The number of rotatable bonds is 4. The monoisotopic (exact) mass is 221 g/mol. The molecule has 0 bridgehead atoms. The number of hydrogen-bond acceptors (Lipinski definition) is 3. The summed E-state index contributed by atoms with van der Waals surface area (Å²) in [5.74, 6) is 0.634. The van der Waals surface area contributed by atoms with Gasteiger partial charge >= 0.3 is 0 Å². The highest BCUT2D eigenvalue weighted by atomic mass is 16.7. The van der Waals surface area contributed by atoms with E-state index >= 15 is 0 Å². The van der Waals surface area contributed by atoms with Crippen molar-refractivity contribution in [3.8, 4) is 0 Å².